The van der Waals surface area contributed by atoms with E-state index in [-0.39, 0.29) is 28.6 Å². The second-order valence-corrected chi connectivity index (χ2v) is 13.2. The number of rotatable bonds is 5. The average Bonchev–Trinajstić information content (AvgIpc) is 3.17. The fourth-order valence-corrected chi connectivity index (χ4v) is 9.68. The molecule has 5 aliphatic rings. The van der Waals surface area contributed by atoms with E-state index in [9.17, 15) is 21.6 Å². The van der Waals surface area contributed by atoms with Crippen LogP contribution in [0.5, 0.6) is 0 Å². The van der Waals surface area contributed by atoms with Crippen LogP contribution in [-0.2, 0) is 23.8 Å². The highest BCUT2D eigenvalue weighted by atomic mass is 32.2. The van der Waals surface area contributed by atoms with Crippen LogP contribution in [0, 0.1) is 40.4 Å². The summed E-state index contributed by atoms with van der Waals surface area (Å²) in [6, 6.07) is 0. The molecule has 1 spiro atoms. The Morgan fingerprint density at radius 2 is 1.82 bits per heavy atom. The van der Waals surface area contributed by atoms with Crippen molar-refractivity contribution in [2.45, 2.75) is 89.2 Å². The Hall–Kier alpha value is -0.800. The molecule has 0 bridgehead atoms. The fourth-order valence-electron chi connectivity index (χ4n) is 9.15. The third kappa shape index (κ3) is 3.83. The molecule has 0 aliphatic heterocycles. The minimum atomic E-state index is -5.63. The van der Waals surface area contributed by atoms with E-state index in [2.05, 4.69) is 6.92 Å². The molecule has 5 rings (SSSR count). The molecule has 194 valence electrons. The molecular weight excluding hydrogens is 469 g/mol. The van der Waals surface area contributed by atoms with E-state index in [1.54, 1.807) is 13.2 Å². The molecule has 0 aromatic carbocycles. The van der Waals surface area contributed by atoms with E-state index in [1.165, 1.54) is 6.42 Å². The summed E-state index contributed by atoms with van der Waals surface area (Å²) in [5.41, 5.74) is -5.24. The second-order valence-electron chi connectivity index (χ2n) is 11.7. The van der Waals surface area contributed by atoms with Crippen LogP contribution >= 0.6 is 0 Å². The Labute approximate surface area is 200 Å². The highest BCUT2D eigenvalue weighted by molar-refractivity contribution is 7.87. The Morgan fingerprint density at radius 3 is 2.56 bits per heavy atom. The van der Waals surface area contributed by atoms with Crippen LogP contribution < -0.4 is 0 Å². The van der Waals surface area contributed by atoms with Gasteiger partial charge in [0.1, 0.15) is 12.6 Å². The highest BCUT2D eigenvalue weighted by Crippen LogP contribution is 2.70. The zero-order valence-corrected chi connectivity index (χ0v) is 20.9. The summed E-state index contributed by atoms with van der Waals surface area (Å²) < 4.78 is 78.4. The molecule has 0 aromatic rings. The number of hydrogen-bond donors (Lipinski definition) is 0. The van der Waals surface area contributed by atoms with Gasteiger partial charge in [0.2, 0.25) is 0 Å². The van der Waals surface area contributed by atoms with E-state index in [4.69, 9.17) is 13.7 Å². The van der Waals surface area contributed by atoms with Gasteiger partial charge < -0.3 is 13.7 Å². The lowest BCUT2D eigenvalue weighted by molar-refractivity contribution is -0.155. The van der Waals surface area contributed by atoms with Gasteiger partial charge in [0.15, 0.2) is 0 Å². The van der Waals surface area contributed by atoms with E-state index in [0.29, 0.717) is 36.9 Å². The molecule has 5 nitrogen and oxygen atoms in total. The van der Waals surface area contributed by atoms with Crippen LogP contribution in [0.1, 0.15) is 77.6 Å². The third-order valence-corrected chi connectivity index (χ3v) is 11.5. The molecule has 9 heteroatoms. The Morgan fingerprint density at radius 1 is 1.03 bits per heavy atom. The first-order chi connectivity index (χ1) is 16.0. The number of hydrogen-bond acceptors (Lipinski definition) is 5. The van der Waals surface area contributed by atoms with Gasteiger partial charge in [0, 0.05) is 13.0 Å². The number of alkyl halides is 3. The second kappa shape index (κ2) is 8.65. The van der Waals surface area contributed by atoms with Gasteiger partial charge in [-0.3, -0.25) is 0 Å². The summed E-state index contributed by atoms with van der Waals surface area (Å²) in [4.78, 5) is 0. The van der Waals surface area contributed by atoms with Crippen molar-refractivity contribution in [3.05, 3.63) is 11.8 Å². The monoisotopic (exact) mass is 506 g/mol. The molecule has 0 heterocycles. The molecule has 0 saturated heterocycles. The first-order valence-electron chi connectivity index (χ1n) is 12.8. The van der Waals surface area contributed by atoms with Gasteiger partial charge in [-0.1, -0.05) is 6.92 Å². The fraction of sp³-hybridized carbons (Fsp3) is 0.920. The quantitative estimate of drug-likeness (QED) is 0.254. The zero-order valence-electron chi connectivity index (χ0n) is 20.1. The summed E-state index contributed by atoms with van der Waals surface area (Å²) in [6.45, 7) is 2.81. The summed E-state index contributed by atoms with van der Waals surface area (Å²) in [5.74, 6) is 2.11. The van der Waals surface area contributed by atoms with E-state index < -0.39 is 15.6 Å². The molecule has 1 unspecified atom stereocenters. The standard InChI is InChI=1S/C25H37F3O5S/c1-23-12-9-17(32-15-31-2)14-16(23)5-6-18-19(23)10-13-24-11-3-4-22(21(24)8-7-20(18)24)33-34(29,30)25(26,27)28/h4,16-21H,3,5-15H2,1-2H3/t16-,17+,18+,19-,20-,21+,23-,24?/m0/s1. The lowest BCUT2D eigenvalue weighted by Crippen LogP contribution is -2.55. The molecule has 4 fully saturated rings. The van der Waals surface area contributed by atoms with Crippen LogP contribution in [0.15, 0.2) is 11.8 Å². The van der Waals surface area contributed by atoms with Crippen molar-refractivity contribution in [3.8, 4) is 0 Å². The van der Waals surface area contributed by atoms with Crippen molar-refractivity contribution in [1.29, 1.82) is 0 Å². The number of fused-ring (bicyclic) bond motifs is 4. The maximum atomic E-state index is 13.0. The molecule has 8 atom stereocenters. The summed E-state index contributed by atoms with van der Waals surface area (Å²) in [6.07, 6.45) is 12.7. The lowest BCUT2D eigenvalue weighted by atomic mass is 9.43. The molecular formula is C25H37F3O5S. The topological polar surface area (TPSA) is 61.8 Å². The summed E-state index contributed by atoms with van der Waals surface area (Å²) in [7, 11) is -3.97. The molecule has 0 radical (unpaired) electrons. The van der Waals surface area contributed by atoms with Crippen LogP contribution in [-0.4, -0.2) is 33.9 Å². The van der Waals surface area contributed by atoms with Crippen LogP contribution in [0.25, 0.3) is 0 Å². The van der Waals surface area contributed by atoms with Crippen molar-refractivity contribution in [3.63, 3.8) is 0 Å². The molecule has 0 N–H and O–H groups in total. The van der Waals surface area contributed by atoms with E-state index >= 15 is 0 Å². The van der Waals surface area contributed by atoms with Crippen LogP contribution in [0.3, 0.4) is 0 Å². The van der Waals surface area contributed by atoms with Crippen LogP contribution in [0.4, 0.5) is 13.2 Å². The average molecular weight is 507 g/mol. The molecule has 5 aliphatic carbocycles. The van der Waals surface area contributed by atoms with Crippen molar-refractivity contribution >= 4 is 10.1 Å². The normalized spacial score (nSPS) is 44.3. The van der Waals surface area contributed by atoms with Crippen molar-refractivity contribution in [1.82, 2.24) is 0 Å². The minimum absolute atomic E-state index is 0.0558. The smallest absolute Gasteiger partial charge is 0.381 e. The van der Waals surface area contributed by atoms with Gasteiger partial charge in [0.05, 0.1) is 6.10 Å². The summed E-state index contributed by atoms with van der Waals surface area (Å²) >= 11 is 0. The number of methoxy groups -OCH3 is 1. The number of ether oxygens (including phenoxy) is 2. The van der Waals surface area contributed by atoms with Gasteiger partial charge in [-0.15, -0.1) is 0 Å². The Kier molecular flexibility index (Phi) is 6.33. The lowest BCUT2D eigenvalue weighted by Gasteiger charge is -2.62. The number of halogens is 3. The zero-order chi connectivity index (χ0) is 24.4. The predicted octanol–water partition coefficient (Wildman–Crippen LogP) is 6.16. The Bertz CT molecular complexity index is 918. The van der Waals surface area contributed by atoms with E-state index in [0.717, 1.165) is 57.8 Å². The minimum Gasteiger partial charge on any atom is -0.381 e. The van der Waals surface area contributed by atoms with Gasteiger partial charge >= 0.3 is 15.6 Å². The van der Waals surface area contributed by atoms with Gasteiger partial charge in [-0.25, -0.2) is 0 Å². The van der Waals surface area contributed by atoms with Crippen molar-refractivity contribution in [2.75, 3.05) is 13.9 Å². The molecule has 0 aromatic heterocycles. The molecule has 0 amide bonds. The molecule has 4 saturated carbocycles. The van der Waals surface area contributed by atoms with Gasteiger partial charge in [-0.2, -0.15) is 21.6 Å². The Balaban J connectivity index is 1.34. The third-order valence-electron chi connectivity index (χ3n) is 10.5. The number of allylic oxidation sites excluding steroid dienone is 2. The highest BCUT2D eigenvalue weighted by Gasteiger charge is 2.63. The van der Waals surface area contributed by atoms with E-state index in [1.807, 2.05) is 0 Å². The SMILES string of the molecule is COCO[C@@H]1CC[C@@]2(C)[C@@H](CC[C@H]3[C@@H]4CC[C@@H]5C(OS(=O)(=O)C(F)(F)F)=CCCC54CC[C@@H]32)C1. The van der Waals surface area contributed by atoms with Crippen molar-refractivity contribution in [2.24, 2.45) is 40.4 Å². The first-order valence-corrected chi connectivity index (χ1v) is 14.2. The van der Waals surface area contributed by atoms with Gasteiger partial charge in [0.25, 0.3) is 0 Å². The largest absolute Gasteiger partial charge is 0.534 e. The summed E-state index contributed by atoms with van der Waals surface area (Å²) in [5, 5.41) is 0. The van der Waals surface area contributed by atoms with Crippen LogP contribution in [0.2, 0.25) is 0 Å². The predicted molar refractivity (Wildman–Crippen MR) is 120 cm³/mol. The van der Waals surface area contributed by atoms with Gasteiger partial charge in [-0.05, 0) is 111 Å². The maximum absolute atomic E-state index is 13.0. The molecule has 34 heavy (non-hydrogen) atoms. The van der Waals surface area contributed by atoms with Crippen molar-refractivity contribution < 1.29 is 35.2 Å². The first kappa shape index (κ1) is 24.9. The maximum Gasteiger partial charge on any atom is 0.534 e.